The number of rotatable bonds is 4. The lowest BCUT2D eigenvalue weighted by Gasteiger charge is -2.25. The molecule has 0 radical (unpaired) electrons. The number of hydrogen-bond acceptors (Lipinski definition) is 5. The topological polar surface area (TPSA) is 72.5 Å². The molecule has 0 saturated heterocycles. The van der Waals surface area contributed by atoms with Crippen LogP contribution in [0.25, 0.3) is 0 Å². The van der Waals surface area contributed by atoms with Gasteiger partial charge in [0.25, 0.3) is 0 Å². The second-order valence-electron chi connectivity index (χ2n) is 4.78. The normalized spacial score (nSPS) is 19.5. The van der Waals surface area contributed by atoms with Gasteiger partial charge in [0.05, 0.1) is 5.69 Å². The Labute approximate surface area is 127 Å². The smallest absolute Gasteiger partial charge is 0.411 e. The van der Waals surface area contributed by atoms with Crippen molar-refractivity contribution in [2.45, 2.75) is 5.54 Å². The number of nitrogens with one attached hydrogen (secondary N) is 2. The van der Waals surface area contributed by atoms with E-state index in [1.807, 2.05) is 36.4 Å². The first kappa shape index (κ1) is 14.1. The molecule has 0 spiro atoms. The van der Waals surface area contributed by atoms with Gasteiger partial charge in [0.2, 0.25) is 0 Å². The molecule has 3 rings (SSSR count). The second kappa shape index (κ2) is 6.28. The second-order valence-corrected chi connectivity index (χ2v) is 4.78. The molecule has 1 aliphatic heterocycles. The van der Waals surface area contributed by atoms with Crippen LogP contribution in [0, 0.1) is 0 Å². The number of anilines is 1. The van der Waals surface area contributed by atoms with Crippen LogP contribution in [0.2, 0.25) is 0 Å². The van der Waals surface area contributed by atoms with E-state index in [0.29, 0.717) is 11.4 Å². The van der Waals surface area contributed by atoms with Gasteiger partial charge < -0.3 is 9.57 Å². The number of carbonyl (C=O) groups excluding carboxylic acids is 1. The summed E-state index contributed by atoms with van der Waals surface area (Å²) in [5, 5.41) is 2.66. The van der Waals surface area contributed by atoms with Gasteiger partial charge in [0.1, 0.15) is 12.9 Å². The lowest BCUT2D eigenvalue weighted by molar-refractivity contribution is 0.0511. The highest BCUT2D eigenvalue weighted by molar-refractivity contribution is 5.84. The first-order chi connectivity index (χ1) is 10.8. The zero-order chi connectivity index (χ0) is 15.3. The average Bonchev–Trinajstić information content (AvgIpc) is 3.05. The summed E-state index contributed by atoms with van der Waals surface area (Å²) in [6.07, 6.45) is 4.41. The third kappa shape index (κ3) is 3.07. The molecule has 0 saturated carbocycles. The van der Waals surface area contributed by atoms with Crippen LogP contribution >= 0.6 is 0 Å². The van der Waals surface area contributed by atoms with Gasteiger partial charge in [0.15, 0.2) is 5.54 Å². The maximum atomic E-state index is 11.9. The lowest BCUT2D eigenvalue weighted by atomic mass is 9.97. The van der Waals surface area contributed by atoms with Crippen LogP contribution in [-0.4, -0.2) is 17.7 Å². The molecule has 6 nitrogen and oxygen atoms in total. The van der Waals surface area contributed by atoms with Crippen molar-refractivity contribution < 1.29 is 14.4 Å². The van der Waals surface area contributed by atoms with Crippen molar-refractivity contribution in [3.8, 4) is 0 Å². The maximum absolute atomic E-state index is 11.9. The van der Waals surface area contributed by atoms with E-state index in [0.717, 1.165) is 0 Å². The molecule has 1 atom stereocenters. The molecule has 2 N–H and O–H groups in total. The van der Waals surface area contributed by atoms with Gasteiger partial charge in [-0.3, -0.25) is 10.3 Å². The summed E-state index contributed by atoms with van der Waals surface area (Å²) in [6.45, 7) is 0.0547. The van der Waals surface area contributed by atoms with Crippen molar-refractivity contribution in [1.82, 2.24) is 10.5 Å². The van der Waals surface area contributed by atoms with Gasteiger partial charge >= 0.3 is 6.09 Å². The molecule has 2 aromatic rings. The van der Waals surface area contributed by atoms with Crippen LogP contribution in [0.5, 0.6) is 0 Å². The Bertz CT molecular complexity index is 661. The number of para-hydroxylation sites is 1. The summed E-state index contributed by atoms with van der Waals surface area (Å²) in [4.78, 5) is 21.3. The Morgan fingerprint density at radius 3 is 2.73 bits per heavy atom. The van der Waals surface area contributed by atoms with E-state index in [4.69, 9.17) is 9.57 Å². The third-order valence-electron chi connectivity index (χ3n) is 3.23. The Hall–Kier alpha value is -2.86. The van der Waals surface area contributed by atoms with Crippen LogP contribution in [0.4, 0.5) is 10.5 Å². The number of amides is 1. The minimum atomic E-state index is -0.782. The Morgan fingerprint density at radius 2 is 2.05 bits per heavy atom. The van der Waals surface area contributed by atoms with E-state index in [2.05, 4.69) is 15.8 Å². The fourth-order valence-electron chi connectivity index (χ4n) is 2.09. The van der Waals surface area contributed by atoms with Crippen molar-refractivity contribution in [3.63, 3.8) is 0 Å². The molecule has 1 amide bonds. The zero-order valence-electron chi connectivity index (χ0n) is 11.7. The quantitative estimate of drug-likeness (QED) is 0.907. The van der Waals surface area contributed by atoms with Gasteiger partial charge in [-0.25, -0.2) is 4.79 Å². The highest BCUT2D eigenvalue weighted by Crippen LogP contribution is 2.25. The van der Waals surface area contributed by atoms with Gasteiger partial charge in [-0.1, -0.05) is 24.3 Å². The molecule has 0 fully saturated rings. The zero-order valence-corrected chi connectivity index (χ0v) is 11.7. The molecular formula is C16H15N3O3. The number of hydroxylamine groups is 1. The van der Waals surface area contributed by atoms with Gasteiger partial charge in [-0.15, -0.1) is 5.48 Å². The van der Waals surface area contributed by atoms with Crippen molar-refractivity contribution in [2.24, 2.45) is 0 Å². The number of benzene rings is 1. The van der Waals surface area contributed by atoms with Crippen LogP contribution in [0.15, 0.2) is 67.1 Å². The molecule has 22 heavy (non-hydrogen) atoms. The van der Waals surface area contributed by atoms with E-state index in [-0.39, 0.29) is 6.61 Å². The molecule has 0 bridgehead atoms. The molecule has 1 aromatic carbocycles. The van der Waals surface area contributed by atoms with E-state index in [1.54, 1.807) is 24.4 Å². The summed E-state index contributed by atoms with van der Waals surface area (Å²) in [6, 6.07) is 14.6. The van der Waals surface area contributed by atoms with Crippen LogP contribution in [0.3, 0.4) is 0 Å². The van der Waals surface area contributed by atoms with E-state index in [1.165, 1.54) is 6.26 Å². The molecular weight excluding hydrogens is 282 g/mol. The number of hydrogen-bond donors (Lipinski definition) is 2. The predicted octanol–water partition coefficient (Wildman–Crippen LogP) is 2.57. The van der Waals surface area contributed by atoms with Crippen molar-refractivity contribution in [1.29, 1.82) is 0 Å². The molecule has 6 heteroatoms. The van der Waals surface area contributed by atoms with Crippen LogP contribution in [-0.2, 0) is 15.1 Å². The first-order valence-electron chi connectivity index (χ1n) is 6.79. The fourth-order valence-corrected chi connectivity index (χ4v) is 2.09. The Morgan fingerprint density at radius 1 is 1.23 bits per heavy atom. The summed E-state index contributed by atoms with van der Waals surface area (Å²) >= 11 is 0. The minimum Gasteiger partial charge on any atom is -0.446 e. The van der Waals surface area contributed by atoms with Crippen LogP contribution in [0.1, 0.15) is 5.69 Å². The Balaban J connectivity index is 1.66. The number of ether oxygens (including phenoxy) is 1. The highest BCUT2D eigenvalue weighted by atomic mass is 16.7. The number of nitrogens with zero attached hydrogens (tertiary/aromatic N) is 1. The van der Waals surface area contributed by atoms with Gasteiger partial charge in [-0.05, 0) is 30.3 Å². The summed E-state index contributed by atoms with van der Waals surface area (Å²) in [5.74, 6) is 0. The fraction of sp³-hybridized carbons (Fsp3) is 0.125. The standard InChI is InChI=1S/C16H15N3O3/c20-15(18-13-6-2-1-3-7-13)21-12-16(9-11-22-19-16)14-8-4-5-10-17-14/h1-11,19H,12H2,(H,18,20). The first-order valence-corrected chi connectivity index (χ1v) is 6.79. The van der Waals surface area contributed by atoms with E-state index >= 15 is 0 Å². The highest BCUT2D eigenvalue weighted by Gasteiger charge is 2.36. The number of pyridine rings is 1. The number of aromatic nitrogens is 1. The summed E-state index contributed by atoms with van der Waals surface area (Å²) < 4.78 is 5.30. The summed E-state index contributed by atoms with van der Waals surface area (Å²) in [5.41, 5.74) is 3.42. The molecule has 112 valence electrons. The molecule has 2 heterocycles. The molecule has 1 unspecified atom stereocenters. The van der Waals surface area contributed by atoms with Crippen molar-refractivity contribution >= 4 is 11.8 Å². The van der Waals surface area contributed by atoms with Crippen molar-refractivity contribution in [2.75, 3.05) is 11.9 Å². The van der Waals surface area contributed by atoms with E-state index in [9.17, 15) is 4.79 Å². The molecule has 1 aliphatic rings. The molecule has 1 aromatic heterocycles. The molecule has 0 aliphatic carbocycles. The number of carbonyl (C=O) groups is 1. The van der Waals surface area contributed by atoms with Gasteiger partial charge in [0, 0.05) is 11.9 Å². The summed E-state index contributed by atoms with van der Waals surface area (Å²) in [7, 11) is 0. The SMILES string of the molecule is O=C(Nc1ccccc1)OCC1(c2ccccn2)C=CON1. The maximum Gasteiger partial charge on any atom is 0.411 e. The minimum absolute atomic E-state index is 0.0547. The average molecular weight is 297 g/mol. The predicted molar refractivity (Wildman–Crippen MR) is 80.7 cm³/mol. The monoisotopic (exact) mass is 297 g/mol. The van der Waals surface area contributed by atoms with E-state index < -0.39 is 11.6 Å². The third-order valence-corrected chi connectivity index (χ3v) is 3.23. The van der Waals surface area contributed by atoms with Crippen LogP contribution < -0.4 is 10.8 Å². The Kier molecular flexibility index (Phi) is 4.02. The van der Waals surface area contributed by atoms with Gasteiger partial charge in [-0.2, -0.15) is 0 Å². The lowest BCUT2D eigenvalue weighted by Crippen LogP contribution is -2.42. The van der Waals surface area contributed by atoms with Crippen molar-refractivity contribution in [3.05, 3.63) is 72.8 Å². The largest absolute Gasteiger partial charge is 0.446 e.